The zero-order valence-corrected chi connectivity index (χ0v) is 53.9. The van der Waals surface area contributed by atoms with Gasteiger partial charge in [0.1, 0.15) is 5.69 Å². The van der Waals surface area contributed by atoms with Crippen molar-refractivity contribution in [1.29, 1.82) is 0 Å². The molecule has 4 saturated heterocycles. The van der Waals surface area contributed by atoms with Crippen LogP contribution in [0.1, 0.15) is 119 Å². The molecule has 0 radical (unpaired) electrons. The van der Waals surface area contributed by atoms with Gasteiger partial charge < -0.3 is 41.1 Å². The second kappa shape index (κ2) is 49.3. The number of nitro groups is 2. The van der Waals surface area contributed by atoms with E-state index >= 15 is 0 Å². The SMILES string of the molecule is C1CCNCC1.CCN(CC)CC.CO.Cl.ClCCl.Nc1ccccc1N1CCCCC1.O=C(Cl)c1ccncc1.O=C(Nc1ccccc1N1CCCCC1)c1ccncc1.O=[N+]([O-])c1ccccc1F.O=[N+]([O-])c1ccccc1N1CCCCC1. The number of benzene rings is 4. The maximum atomic E-state index is 12.4. The Kier molecular flexibility index (Phi) is 44.4. The summed E-state index contributed by atoms with van der Waals surface area (Å²) in [4.78, 5) is 59.3. The fraction of sp³-hybridized carbons (Fsp3) is 0.438. The van der Waals surface area contributed by atoms with Gasteiger partial charge in [-0.3, -0.25) is 39.8 Å². The predicted octanol–water partition coefficient (Wildman–Crippen LogP) is 14.9. The van der Waals surface area contributed by atoms with Gasteiger partial charge in [-0.05, 0) is 176 Å². The maximum Gasteiger partial charge on any atom is 0.304 e. The zero-order valence-electron chi connectivity index (χ0n) is 50.8. The van der Waals surface area contributed by atoms with E-state index in [-0.39, 0.29) is 34.3 Å². The highest BCUT2D eigenvalue weighted by atomic mass is 35.5. The lowest BCUT2D eigenvalue weighted by molar-refractivity contribution is -0.387. The number of nitro benzene ring substituents is 2. The number of piperidine rings is 4. The highest BCUT2D eigenvalue weighted by Gasteiger charge is 2.20. The van der Waals surface area contributed by atoms with Gasteiger partial charge in [-0.1, -0.05) is 75.7 Å². The second-order valence-corrected chi connectivity index (χ2v) is 20.6. The van der Waals surface area contributed by atoms with Crippen LogP contribution in [0.3, 0.4) is 0 Å². The van der Waals surface area contributed by atoms with Crippen LogP contribution in [0.4, 0.5) is 44.2 Å². The van der Waals surface area contributed by atoms with Gasteiger partial charge in [-0.2, -0.15) is 4.39 Å². The van der Waals surface area contributed by atoms with E-state index in [1.54, 1.807) is 48.8 Å². The molecular formula is C64H90Cl4FN11O7. The quantitative estimate of drug-likeness (QED) is 0.0311. The van der Waals surface area contributed by atoms with Crippen molar-refractivity contribution >= 4 is 98.2 Å². The van der Waals surface area contributed by atoms with Gasteiger partial charge in [0.25, 0.3) is 16.8 Å². The molecule has 87 heavy (non-hydrogen) atoms. The van der Waals surface area contributed by atoms with Gasteiger partial charge >= 0.3 is 5.69 Å². The van der Waals surface area contributed by atoms with Crippen molar-refractivity contribution in [2.24, 2.45) is 0 Å². The van der Waals surface area contributed by atoms with Crippen molar-refractivity contribution in [3.63, 3.8) is 0 Å². The van der Waals surface area contributed by atoms with Crippen molar-refractivity contribution < 1.29 is 28.9 Å². The van der Waals surface area contributed by atoms with Crippen molar-refractivity contribution in [2.75, 3.05) is 110 Å². The van der Waals surface area contributed by atoms with Crippen molar-refractivity contribution in [1.82, 2.24) is 20.2 Å². The molecule has 4 fully saturated rings. The summed E-state index contributed by atoms with van der Waals surface area (Å²) in [7, 11) is 1.00. The number of alkyl halides is 2. The molecule has 4 aliphatic heterocycles. The number of nitrogens with one attached hydrogen (secondary N) is 2. The third kappa shape index (κ3) is 32.2. The third-order valence-electron chi connectivity index (χ3n) is 13.7. The lowest BCUT2D eigenvalue weighted by Gasteiger charge is -2.30. The topological polar surface area (TPSA) is 229 Å². The van der Waals surface area contributed by atoms with Crippen molar-refractivity contribution in [2.45, 2.75) is 97.8 Å². The molecule has 6 heterocycles. The summed E-state index contributed by atoms with van der Waals surface area (Å²) in [6.07, 6.45) is 21.7. The molecule has 0 aliphatic carbocycles. The molecule has 0 unspecified atom stereocenters. The first-order chi connectivity index (χ1) is 41.8. The molecule has 2 aromatic heterocycles. The zero-order chi connectivity index (χ0) is 63.2. The number of aliphatic hydroxyl groups excluding tert-OH is 1. The van der Waals surface area contributed by atoms with Crippen LogP contribution < -0.4 is 31.1 Å². The summed E-state index contributed by atoms with van der Waals surface area (Å²) < 4.78 is 12.4. The molecule has 5 N–H and O–H groups in total. The number of carbonyl (C=O) groups excluding carboxylic acids is 2. The van der Waals surface area contributed by atoms with E-state index in [0.29, 0.717) is 11.1 Å². The Hall–Kier alpha value is -6.71. The summed E-state index contributed by atoms with van der Waals surface area (Å²) in [6, 6.07) is 34.7. The monoisotopic (exact) mass is 1280 g/mol. The molecule has 10 rings (SSSR count). The van der Waals surface area contributed by atoms with Gasteiger partial charge in [0.2, 0.25) is 5.82 Å². The Morgan fingerprint density at radius 1 is 0.575 bits per heavy atom. The van der Waals surface area contributed by atoms with Crippen LogP contribution in [0.5, 0.6) is 0 Å². The Balaban J connectivity index is 0.000000518. The number of halogens is 5. The standard InChI is InChI=1S/C17H19N3O.C11H14N2O2.C11H16N2.C6H4ClNO.C6H4FNO2.C6H15N.C5H11N.CH2Cl2.CH4O.ClH/c21-17(14-8-10-18-11-9-14)19-15-6-2-3-7-16(15)20-12-4-1-5-13-20;14-13(15)11-7-3-2-6-10(11)12-8-4-1-5-9-12;12-10-6-2-3-7-11(10)13-8-4-1-5-9-13;7-6(9)5-1-3-8-4-2-5;7-5-3-1-2-4-6(5)8(9)10;1-4-7(5-2)6-3;1-2-4-6-5-3-1;2-1-3;1-2;/h2-3,6-11H,1,4-5,12-13H2,(H,19,21);2-3,6-7H,1,4-5,8-9H2;2-3,6-7H,1,4-5,8-9,12H2;1-4H;1-4H;4-6H2,1-3H3;6H,1-5H2;1H2;2H,1H3;1H. The van der Waals surface area contributed by atoms with Crippen LogP contribution in [0, 0.1) is 26.0 Å². The van der Waals surface area contributed by atoms with Gasteiger partial charge in [-0.15, -0.1) is 35.6 Å². The Labute approximate surface area is 535 Å². The van der Waals surface area contributed by atoms with Crippen LogP contribution in [0.2, 0.25) is 0 Å². The normalized spacial score (nSPS) is 13.7. The second-order valence-electron chi connectivity index (χ2n) is 19.4. The average Bonchev–Trinajstić information content (AvgIpc) is 3.37. The molecule has 478 valence electrons. The lowest BCUT2D eigenvalue weighted by Crippen LogP contribution is -2.30. The number of hydrogen-bond donors (Lipinski definition) is 4. The summed E-state index contributed by atoms with van der Waals surface area (Å²) in [5.41, 5.74) is 11.6. The third-order valence-corrected chi connectivity index (χ3v) is 13.9. The van der Waals surface area contributed by atoms with E-state index < -0.39 is 21.7 Å². The van der Waals surface area contributed by atoms with E-state index in [4.69, 9.17) is 45.6 Å². The number of pyridine rings is 2. The highest BCUT2D eigenvalue weighted by molar-refractivity contribution is 6.67. The fourth-order valence-electron chi connectivity index (χ4n) is 9.17. The minimum Gasteiger partial charge on any atom is -0.400 e. The van der Waals surface area contributed by atoms with E-state index in [2.05, 4.69) is 79.2 Å². The number of aliphatic hydroxyl groups is 1. The van der Waals surface area contributed by atoms with Crippen LogP contribution >= 0.6 is 47.2 Å². The first-order valence-corrected chi connectivity index (χ1v) is 30.9. The van der Waals surface area contributed by atoms with Crippen LogP contribution in [0.15, 0.2) is 146 Å². The predicted molar refractivity (Wildman–Crippen MR) is 360 cm³/mol. The number of anilines is 5. The number of aromatic nitrogens is 2. The van der Waals surface area contributed by atoms with Gasteiger partial charge in [-0.25, -0.2) is 0 Å². The fourth-order valence-corrected chi connectivity index (χ4v) is 9.30. The molecule has 0 bridgehead atoms. The summed E-state index contributed by atoms with van der Waals surface area (Å²) in [5.74, 6) is -0.894. The van der Waals surface area contributed by atoms with Crippen LogP contribution in [-0.2, 0) is 0 Å². The van der Waals surface area contributed by atoms with Crippen molar-refractivity contribution in [3.05, 3.63) is 183 Å². The first-order valence-electron chi connectivity index (χ1n) is 29.4. The number of amides is 1. The average molecular weight is 1290 g/mol. The lowest BCUT2D eigenvalue weighted by atomic mass is 10.1. The van der Waals surface area contributed by atoms with E-state index in [0.717, 1.165) is 94.1 Å². The molecule has 23 heteroatoms. The number of nitrogens with two attached hydrogens (primary N) is 1. The highest BCUT2D eigenvalue weighted by Crippen LogP contribution is 2.31. The van der Waals surface area contributed by atoms with E-state index in [1.807, 2.05) is 42.5 Å². The van der Waals surface area contributed by atoms with Gasteiger partial charge in [0.15, 0.2) is 0 Å². The molecular weight excluding hydrogens is 1200 g/mol. The Bertz CT molecular complexity index is 2740. The number of hydrogen-bond acceptors (Lipinski definition) is 15. The van der Waals surface area contributed by atoms with Crippen LogP contribution in [-0.4, -0.2) is 125 Å². The van der Waals surface area contributed by atoms with E-state index in [9.17, 15) is 34.2 Å². The molecule has 4 aromatic carbocycles. The van der Waals surface area contributed by atoms with Crippen LogP contribution in [0.25, 0.3) is 0 Å². The number of para-hydroxylation sites is 7. The van der Waals surface area contributed by atoms with Gasteiger partial charge in [0, 0.05) is 94.4 Å². The molecule has 4 aliphatic rings. The smallest absolute Gasteiger partial charge is 0.304 e. The molecule has 18 nitrogen and oxygen atoms in total. The minimum atomic E-state index is -0.799. The minimum absolute atomic E-state index is 0. The molecule has 0 saturated carbocycles. The number of carbonyl (C=O) groups is 2. The maximum absolute atomic E-state index is 12.4. The Morgan fingerprint density at radius 2 is 0.943 bits per heavy atom. The first kappa shape index (κ1) is 78.3. The summed E-state index contributed by atoms with van der Waals surface area (Å²) >= 11 is 14.7. The Morgan fingerprint density at radius 3 is 1.31 bits per heavy atom. The van der Waals surface area contributed by atoms with Gasteiger partial charge in [0.05, 0.1) is 37.9 Å². The molecule has 1 amide bonds. The van der Waals surface area contributed by atoms with E-state index in [1.165, 1.54) is 127 Å². The largest absolute Gasteiger partial charge is 0.400 e. The summed E-state index contributed by atoms with van der Waals surface area (Å²) in [5, 5.41) is 33.9. The molecule has 0 spiro atoms. The number of nitrogen functional groups attached to an aromatic ring is 1. The van der Waals surface area contributed by atoms with Crippen molar-refractivity contribution in [3.8, 4) is 0 Å². The number of rotatable bonds is 11. The molecule has 6 aromatic rings. The molecule has 0 atom stereocenters. The number of nitrogens with zero attached hydrogens (tertiary/aromatic N) is 8. The summed E-state index contributed by atoms with van der Waals surface area (Å²) in [6.45, 7) is 18.9.